The molecule has 0 atom stereocenters. The summed E-state index contributed by atoms with van der Waals surface area (Å²) >= 11 is 0. The van der Waals surface area contributed by atoms with E-state index in [9.17, 15) is 31.2 Å². The molecule has 152 valence electrons. The van der Waals surface area contributed by atoms with Gasteiger partial charge in [0.1, 0.15) is 5.71 Å². The van der Waals surface area contributed by atoms with Gasteiger partial charge in [-0.1, -0.05) is 60.7 Å². The Labute approximate surface area is 163 Å². The number of carbonyl (C=O) groups excluding carboxylic acids is 2. The summed E-state index contributed by atoms with van der Waals surface area (Å²) in [5.41, 5.74) is -6.74. The Morgan fingerprint density at radius 3 is 1.90 bits per heavy atom. The minimum atomic E-state index is -6.05. The molecule has 0 unspecified atom stereocenters. The first kappa shape index (κ1) is 22.0. The van der Waals surface area contributed by atoms with E-state index in [4.69, 9.17) is 5.41 Å². The predicted octanol–water partition coefficient (Wildman–Crippen LogP) is 2.61. The van der Waals surface area contributed by atoms with E-state index >= 15 is 0 Å². The summed E-state index contributed by atoms with van der Waals surface area (Å²) in [6.07, 6.45) is 0. The normalized spacial score (nSPS) is 12.3. The van der Waals surface area contributed by atoms with Crippen LogP contribution in [0.2, 0.25) is 0 Å². The van der Waals surface area contributed by atoms with Gasteiger partial charge in [0.15, 0.2) is 11.6 Å². The molecule has 2 N–H and O–H groups in total. The average molecular weight is 425 g/mol. The maximum atomic E-state index is 12.7. The molecule has 0 radical (unpaired) electrons. The highest BCUT2D eigenvalue weighted by Gasteiger charge is 2.46. The lowest BCUT2D eigenvalue weighted by Crippen LogP contribution is -2.40. The molecule has 0 amide bonds. The Hall–Kier alpha value is -3.34. The molecule has 0 saturated carbocycles. The number of carbonyl (C=O) groups is 2. The number of hydrogen-bond acceptors (Lipinski definition) is 5. The van der Waals surface area contributed by atoms with Crippen LogP contribution in [0.3, 0.4) is 0 Å². The summed E-state index contributed by atoms with van der Waals surface area (Å²) in [4.78, 5) is 24.5. The Kier molecular flexibility index (Phi) is 6.64. The lowest BCUT2D eigenvalue weighted by molar-refractivity contribution is -0.0435. The number of halogens is 3. The van der Waals surface area contributed by atoms with Crippen LogP contribution in [0.5, 0.6) is 0 Å². The predicted molar refractivity (Wildman–Crippen MR) is 99.7 cm³/mol. The van der Waals surface area contributed by atoms with Crippen molar-refractivity contribution in [2.45, 2.75) is 5.51 Å². The fourth-order valence-corrected chi connectivity index (χ4v) is 2.57. The van der Waals surface area contributed by atoms with Gasteiger partial charge in [0.25, 0.3) is 0 Å². The number of nitrogens with zero attached hydrogens (tertiary/aromatic N) is 1. The second kappa shape index (κ2) is 8.78. The van der Waals surface area contributed by atoms with Gasteiger partial charge < -0.3 is 5.32 Å². The molecule has 0 aromatic heterocycles. The molecule has 0 bridgehead atoms. The molecule has 0 aliphatic rings. The van der Waals surface area contributed by atoms with E-state index < -0.39 is 45.2 Å². The fraction of sp³-hybridized carbons (Fsp3) is 0.111. The molecule has 0 spiro atoms. The molecule has 0 aliphatic heterocycles. The van der Waals surface area contributed by atoms with Crippen LogP contribution in [0.4, 0.5) is 13.2 Å². The van der Waals surface area contributed by atoms with Gasteiger partial charge in [-0.3, -0.25) is 15.0 Å². The van der Waals surface area contributed by atoms with E-state index in [-0.39, 0.29) is 11.1 Å². The van der Waals surface area contributed by atoms with E-state index in [0.29, 0.717) is 0 Å². The van der Waals surface area contributed by atoms with Gasteiger partial charge in [0.05, 0.1) is 6.54 Å². The van der Waals surface area contributed by atoms with Crippen LogP contribution in [-0.4, -0.2) is 43.6 Å². The van der Waals surface area contributed by atoms with Crippen LogP contribution in [-0.2, 0) is 10.0 Å². The van der Waals surface area contributed by atoms with Crippen LogP contribution >= 0.6 is 0 Å². The zero-order valence-electron chi connectivity index (χ0n) is 14.6. The molecule has 0 heterocycles. The van der Waals surface area contributed by atoms with E-state index in [1.807, 2.05) is 0 Å². The van der Waals surface area contributed by atoms with Crippen LogP contribution in [0.1, 0.15) is 20.7 Å². The third-order valence-corrected chi connectivity index (χ3v) is 4.52. The lowest BCUT2D eigenvalue weighted by atomic mass is 10.1. The van der Waals surface area contributed by atoms with E-state index in [1.165, 1.54) is 36.4 Å². The Bertz CT molecular complexity index is 1050. The molecule has 2 rings (SSSR count). The van der Waals surface area contributed by atoms with Gasteiger partial charge in [0, 0.05) is 11.1 Å². The number of rotatable bonds is 7. The van der Waals surface area contributed by atoms with Crippen LogP contribution in [0.15, 0.2) is 65.1 Å². The van der Waals surface area contributed by atoms with Crippen molar-refractivity contribution in [3.05, 3.63) is 71.8 Å². The first-order valence-electron chi connectivity index (χ1n) is 7.95. The largest absolute Gasteiger partial charge is 0.518 e. The van der Waals surface area contributed by atoms with Crippen LogP contribution in [0.25, 0.3) is 0 Å². The second-order valence-electron chi connectivity index (χ2n) is 5.57. The molecule has 29 heavy (non-hydrogen) atoms. The molecular formula is C18H14F3N3O4S. The Morgan fingerprint density at radius 2 is 1.41 bits per heavy atom. The number of Topliss-reactive ketones (excluding diaryl/α,β-unsaturated/α-hetero) is 2. The number of ketones is 2. The third-order valence-electron chi connectivity index (χ3n) is 3.52. The van der Waals surface area contributed by atoms with Crippen molar-refractivity contribution in [3.8, 4) is 0 Å². The number of sulfonamides is 1. The molecule has 11 heteroatoms. The van der Waals surface area contributed by atoms with Gasteiger partial charge in [0.2, 0.25) is 5.78 Å². The fourth-order valence-electron chi connectivity index (χ4n) is 2.07. The first-order valence-corrected chi connectivity index (χ1v) is 9.39. The van der Waals surface area contributed by atoms with Gasteiger partial charge in [-0.05, 0) is 0 Å². The quantitative estimate of drug-likeness (QED) is 0.402. The third kappa shape index (κ3) is 5.57. The molecule has 7 nitrogen and oxygen atoms in total. The molecule has 0 aliphatic carbocycles. The molecule has 2 aromatic carbocycles. The molecule has 2 aromatic rings. The molecular weight excluding hydrogens is 411 g/mol. The van der Waals surface area contributed by atoms with Crippen molar-refractivity contribution in [2.24, 2.45) is 4.40 Å². The number of benzene rings is 2. The van der Waals surface area contributed by atoms with Crippen molar-refractivity contribution in [1.29, 1.82) is 5.41 Å². The number of nitrogens with one attached hydrogen (secondary N) is 2. The van der Waals surface area contributed by atoms with Gasteiger partial charge in [-0.15, -0.1) is 4.40 Å². The Balaban J connectivity index is 2.34. The summed E-state index contributed by atoms with van der Waals surface area (Å²) in [6, 6.07) is 14.7. The van der Waals surface area contributed by atoms with Gasteiger partial charge in [-0.2, -0.15) is 21.6 Å². The Morgan fingerprint density at radius 1 is 0.931 bits per heavy atom. The SMILES string of the molecule is N=C(C(=O)c1ccccc1)/C(=N/S(=O)(=O)C(F)(F)F)NCC(=O)c1ccccc1. The lowest BCUT2D eigenvalue weighted by Gasteiger charge is -2.11. The van der Waals surface area contributed by atoms with Gasteiger partial charge in [-0.25, -0.2) is 0 Å². The average Bonchev–Trinajstić information content (AvgIpc) is 2.70. The van der Waals surface area contributed by atoms with E-state index in [0.717, 1.165) is 0 Å². The maximum Gasteiger partial charge on any atom is 0.518 e. The van der Waals surface area contributed by atoms with E-state index in [2.05, 4.69) is 9.71 Å². The number of alkyl halides is 3. The molecule has 0 fully saturated rings. The number of amidine groups is 1. The van der Waals surface area contributed by atoms with Crippen molar-refractivity contribution in [1.82, 2.24) is 5.32 Å². The minimum absolute atomic E-state index is 0.0641. The minimum Gasteiger partial charge on any atom is -0.360 e. The van der Waals surface area contributed by atoms with Crippen molar-refractivity contribution in [2.75, 3.05) is 6.54 Å². The van der Waals surface area contributed by atoms with Crippen LogP contribution in [0, 0.1) is 5.41 Å². The maximum absolute atomic E-state index is 12.7. The summed E-state index contributed by atoms with van der Waals surface area (Å²) in [6.45, 7) is -0.680. The van der Waals surface area contributed by atoms with Crippen molar-refractivity contribution < 1.29 is 31.2 Å². The zero-order chi connectivity index (χ0) is 21.7. The summed E-state index contributed by atoms with van der Waals surface area (Å²) in [5.74, 6) is -2.86. The van der Waals surface area contributed by atoms with Gasteiger partial charge >= 0.3 is 15.5 Å². The van der Waals surface area contributed by atoms with E-state index in [1.54, 1.807) is 24.3 Å². The number of hydrogen-bond donors (Lipinski definition) is 2. The highest BCUT2D eigenvalue weighted by Crippen LogP contribution is 2.24. The highest BCUT2D eigenvalue weighted by molar-refractivity contribution is 7.91. The second-order valence-corrected chi connectivity index (χ2v) is 7.17. The zero-order valence-corrected chi connectivity index (χ0v) is 15.4. The topological polar surface area (TPSA) is 117 Å². The van der Waals surface area contributed by atoms with Crippen molar-refractivity contribution in [3.63, 3.8) is 0 Å². The monoisotopic (exact) mass is 425 g/mol. The summed E-state index contributed by atoms with van der Waals surface area (Å²) in [5, 5.41) is 9.91. The highest BCUT2D eigenvalue weighted by atomic mass is 32.2. The first-order chi connectivity index (χ1) is 13.5. The smallest absolute Gasteiger partial charge is 0.360 e. The van der Waals surface area contributed by atoms with Crippen molar-refractivity contribution >= 4 is 33.1 Å². The van der Waals surface area contributed by atoms with Crippen LogP contribution < -0.4 is 5.32 Å². The molecule has 0 saturated heterocycles. The standard InChI is InChI=1S/C18H14F3N3O4S/c19-18(20,21)29(27,28)24-17(15(22)16(26)13-9-5-2-6-10-13)23-11-14(25)12-7-3-1-4-8-12/h1-10,22H,11H2,(H,23,24). The summed E-state index contributed by atoms with van der Waals surface area (Å²) < 4.78 is 63.4. The summed E-state index contributed by atoms with van der Waals surface area (Å²) in [7, 11) is -6.05.